The number of para-hydroxylation sites is 1. The maximum absolute atomic E-state index is 14.3. The zero-order valence-electron chi connectivity index (χ0n) is 13.1. The number of aryl methyl sites for hydroxylation is 1. The van der Waals surface area contributed by atoms with Crippen LogP contribution in [0.25, 0.3) is 0 Å². The van der Waals surface area contributed by atoms with Crippen molar-refractivity contribution in [3.05, 3.63) is 29.6 Å². The Morgan fingerprint density at radius 3 is 2.36 bits per heavy atom. The van der Waals surface area contributed by atoms with E-state index in [9.17, 15) is 4.39 Å². The van der Waals surface area contributed by atoms with Crippen molar-refractivity contribution in [3.63, 3.8) is 0 Å². The molecule has 1 aromatic carbocycles. The number of nitrogens with zero attached hydrogens (tertiary/aromatic N) is 2. The number of hydrogen-bond acceptors (Lipinski definition) is 4. The van der Waals surface area contributed by atoms with Gasteiger partial charge in [0.25, 0.3) is 0 Å². The Morgan fingerprint density at radius 1 is 0.955 bits per heavy atom. The summed E-state index contributed by atoms with van der Waals surface area (Å²) in [7, 11) is 0. The number of anilines is 1. The van der Waals surface area contributed by atoms with E-state index in [1.807, 2.05) is 6.07 Å². The number of ether oxygens (including phenoxy) is 2. The monoisotopic (exact) mass is 308 g/mol. The second-order valence-electron chi connectivity index (χ2n) is 5.90. The molecule has 2 saturated heterocycles. The van der Waals surface area contributed by atoms with Gasteiger partial charge in [-0.25, -0.2) is 4.39 Å². The van der Waals surface area contributed by atoms with Gasteiger partial charge in [0.2, 0.25) is 0 Å². The van der Waals surface area contributed by atoms with E-state index in [1.54, 1.807) is 6.07 Å². The molecule has 0 amide bonds. The normalized spacial score (nSPS) is 20.3. The van der Waals surface area contributed by atoms with Crippen LogP contribution >= 0.6 is 0 Å². The van der Waals surface area contributed by atoms with Crippen LogP contribution in [-0.4, -0.2) is 64.1 Å². The van der Waals surface area contributed by atoms with Crippen LogP contribution in [0.4, 0.5) is 10.1 Å². The summed E-state index contributed by atoms with van der Waals surface area (Å²) >= 11 is 0. The molecular formula is C17H25FN2O2. The van der Waals surface area contributed by atoms with E-state index in [0.717, 1.165) is 70.0 Å². The summed E-state index contributed by atoms with van der Waals surface area (Å²) in [6.07, 6.45) is 1.97. The fraction of sp³-hybridized carbons (Fsp3) is 0.647. The predicted molar refractivity (Wildman–Crippen MR) is 85.0 cm³/mol. The third-order valence-corrected chi connectivity index (χ3v) is 4.42. The lowest BCUT2D eigenvalue weighted by atomic mass is 10.1. The standard InChI is InChI=1S/C17H25FN2O2/c18-16-5-1-3-15(17(16)20-9-13-22-14-10-20)4-2-6-19-7-11-21-12-8-19/h1,3,5H,2,4,6-14H2. The maximum atomic E-state index is 14.3. The van der Waals surface area contributed by atoms with Gasteiger partial charge in [0.1, 0.15) is 5.82 Å². The molecule has 0 saturated carbocycles. The van der Waals surface area contributed by atoms with Crippen molar-refractivity contribution < 1.29 is 13.9 Å². The lowest BCUT2D eigenvalue weighted by Gasteiger charge is -2.31. The molecule has 0 bridgehead atoms. The first-order chi connectivity index (χ1) is 10.8. The highest BCUT2D eigenvalue weighted by molar-refractivity contribution is 5.55. The van der Waals surface area contributed by atoms with Crippen LogP contribution in [-0.2, 0) is 15.9 Å². The Morgan fingerprint density at radius 2 is 1.64 bits per heavy atom. The van der Waals surface area contributed by atoms with E-state index in [4.69, 9.17) is 9.47 Å². The largest absolute Gasteiger partial charge is 0.379 e. The number of benzene rings is 1. The van der Waals surface area contributed by atoms with Gasteiger partial charge in [-0.2, -0.15) is 0 Å². The Labute approximate surface area is 131 Å². The second-order valence-corrected chi connectivity index (χ2v) is 5.90. The molecule has 4 nitrogen and oxygen atoms in total. The fourth-order valence-corrected chi connectivity index (χ4v) is 3.22. The predicted octanol–water partition coefficient (Wildman–Crippen LogP) is 1.93. The summed E-state index contributed by atoms with van der Waals surface area (Å²) in [4.78, 5) is 4.56. The van der Waals surface area contributed by atoms with Gasteiger partial charge in [-0.3, -0.25) is 4.90 Å². The summed E-state index contributed by atoms with van der Waals surface area (Å²) in [5.74, 6) is -0.106. The quantitative estimate of drug-likeness (QED) is 0.830. The van der Waals surface area contributed by atoms with Crippen molar-refractivity contribution in [2.75, 3.05) is 64.1 Å². The average Bonchev–Trinajstić information content (AvgIpc) is 2.57. The van der Waals surface area contributed by atoms with Crippen LogP contribution in [0.5, 0.6) is 0 Å². The summed E-state index contributed by atoms with van der Waals surface area (Å²) in [5.41, 5.74) is 1.91. The van der Waals surface area contributed by atoms with E-state index in [1.165, 1.54) is 0 Å². The van der Waals surface area contributed by atoms with Gasteiger partial charge in [0.05, 0.1) is 32.1 Å². The zero-order valence-corrected chi connectivity index (χ0v) is 13.1. The Bertz CT molecular complexity index is 472. The highest BCUT2D eigenvalue weighted by Crippen LogP contribution is 2.26. The Hall–Kier alpha value is -1.17. The number of morpholine rings is 2. The lowest BCUT2D eigenvalue weighted by Crippen LogP contribution is -2.38. The van der Waals surface area contributed by atoms with Gasteiger partial charge >= 0.3 is 0 Å². The molecule has 0 aromatic heterocycles. The summed E-state index contributed by atoms with van der Waals surface area (Å²) < 4.78 is 25.1. The van der Waals surface area contributed by atoms with Gasteiger partial charge in [0.15, 0.2) is 0 Å². The van der Waals surface area contributed by atoms with Crippen LogP contribution in [0, 0.1) is 5.82 Å². The topological polar surface area (TPSA) is 24.9 Å². The highest BCUT2D eigenvalue weighted by Gasteiger charge is 2.18. The number of halogens is 1. The first-order valence-electron chi connectivity index (χ1n) is 8.25. The fourth-order valence-electron chi connectivity index (χ4n) is 3.22. The third-order valence-electron chi connectivity index (χ3n) is 4.42. The van der Waals surface area contributed by atoms with Crippen LogP contribution < -0.4 is 4.90 Å². The molecule has 122 valence electrons. The lowest BCUT2D eigenvalue weighted by molar-refractivity contribution is 0.0374. The minimum atomic E-state index is -0.106. The van der Waals surface area contributed by atoms with Gasteiger partial charge in [-0.1, -0.05) is 12.1 Å². The Kier molecular flexibility index (Phi) is 5.64. The molecule has 1 aromatic rings. The van der Waals surface area contributed by atoms with Crippen LogP contribution in [0.15, 0.2) is 18.2 Å². The SMILES string of the molecule is Fc1cccc(CCCN2CCOCC2)c1N1CCOCC1. The number of hydrogen-bond donors (Lipinski definition) is 0. The van der Waals surface area contributed by atoms with Crippen molar-refractivity contribution >= 4 is 5.69 Å². The smallest absolute Gasteiger partial charge is 0.146 e. The maximum Gasteiger partial charge on any atom is 0.146 e. The zero-order chi connectivity index (χ0) is 15.2. The van der Waals surface area contributed by atoms with Crippen LogP contribution in [0.1, 0.15) is 12.0 Å². The van der Waals surface area contributed by atoms with E-state index < -0.39 is 0 Å². The molecule has 0 unspecified atom stereocenters. The molecule has 0 radical (unpaired) electrons. The molecule has 2 fully saturated rings. The molecule has 2 aliphatic rings. The molecule has 22 heavy (non-hydrogen) atoms. The molecule has 3 rings (SSSR count). The number of rotatable bonds is 5. The molecule has 0 N–H and O–H groups in total. The van der Waals surface area contributed by atoms with Gasteiger partial charge < -0.3 is 14.4 Å². The van der Waals surface area contributed by atoms with E-state index in [2.05, 4.69) is 15.9 Å². The van der Waals surface area contributed by atoms with E-state index in [-0.39, 0.29) is 5.82 Å². The van der Waals surface area contributed by atoms with E-state index >= 15 is 0 Å². The summed E-state index contributed by atoms with van der Waals surface area (Å²) in [6.45, 7) is 7.66. The van der Waals surface area contributed by atoms with Crippen molar-refractivity contribution in [1.82, 2.24) is 4.90 Å². The molecule has 0 aliphatic carbocycles. The first kappa shape index (κ1) is 15.7. The van der Waals surface area contributed by atoms with Gasteiger partial charge in [-0.05, 0) is 31.0 Å². The van der Waals surface area contributed by atoms with Crippen molar-refractivity contribution in [2.24, 2.45) is 0 Å². The molecular weight excluding hydrogens is 283 g/mol. The van der Waals surface area contributed by atoms with Crippen molar-refractivity contribution in [1.29, 1.82) is 0 Å². The van der Waals surface area contributed by atoms with Crippen molar-refractivity contribution in [3.8, 4) is 0 Å². The molecule has 0 atom stereocenters. The second kappa shape index (κ2) is 7.90. The molecule has 0 spiro atoms. The van der Waals surface area contributed by atoms with Crippen molar-refractivity contribution in [2.45, 2.75) is 12.8 Å². The highest BCUT2D eigenvalue weighted by atomic mass is 19.1. The first-order valence-corrected chi connectivity index (χ1v) is 8.25. The van der Waals surface area contributed by atoms with E-state index in [0.29, 0.717) is 13.2 Å². The summed E-state index contributed by atoms with van der Waals surface area (Å²) in [6, 6.07) is 5.45. The molecule has 2 heterocycles. The Balaban J connectivity index is 1.61. The van der Waals surface area contributed by atoms with Crippen LogP contribution in [0.3, 0.4) is 0 Å². The minimum absolute atomic E-state index is 0.106. The van der Waals surface area contributed by atoms with Gasteiger partial charge in [-0.15, -0.1) is 0 Å². The van der Waals surface area contributed by atoms with Gasteiger partial charge in [0, 0.05) is 26.2 Å². The summed E-state index contributed by atoms with van der Waals surface area (Å²) in [5, 5.41) is 0. The molecule has 2 aliphatic heterocycles. The minimum Gasteiger partial charge on any atom is -0.379 e. The third kappa shape index (κ3) is 3.97. The molecule has 5 heteroatoms. The van der Waals surface area contributed by atoms with Crippen LogP contribution in [0.2, 0.25) is 0 Å². The average molecular weight is 308 g/mol.